The third kappa shape index (κ3) is 3.69. The van der Waals surface area contributed by atoms with Gasteiger partial charge in [-0.25, -0.2) is 4.98 Å². The lowest BCUT2D eigenvalue weighted by Gasteiger charge is -2.13. The number of carbonyl (C=O) groups is 2. The molecule has 8 heteroatoms. The number of halogens is 1. The van der Waals surface area contributed by atoms with Crippen molar-refractivity contribution in [3.63, 3.8) is 0 Å². The normalized spacial score (nSPS) is 12.0. The third-order valence-electron chi connectivity index (χ3n) is 3.97. The highest BCUT2D eigenvalue weighted by molar-refractivity contribution is 6.30. The van der Waals surface area contributed by atoms with Crippen LogP contribution >= 0.6 is 11.6 Å². The van der Waals surface area contributed by atoms with Gasteiger partial charge < -0.3 is 20.7 Å². The van der Waals surface area contributed by atoms with Crippen LogP contribution in [0.3, 0.4) is 0 Å². The summed E-state index contributed by atoms with van der Waals surface area (Å²) in [6.07, 6.45) is 0. The highest BCUT2D eigenvalue weighted by Crippen LogP contribution is 2.34. The number of carboxylic acids is 1. The Balaban J connectivity index is 2.06. The Labute approximate surface area is 159 Å². The number of aryl methyl sites for hydroxylation is 1. The number of ether oxygens (including phenoxy) is 1. The topological polar surface area (TPSA) is 123 Å². The lowest BCUT2D eigenvalue weighted by molar-refractivity contribution is -0.137. The summed E-state index contributed by atoms with van der Waals surface area (Å²) >= 11 is 5.85. The number of fused-ring (bicyclic) bond motifs is 1. The van der Waals surface area contributed by atoms with E-state index in [0.717, 1.165) is 0 Å². The Kier molecular flexibility index (Phi) is 4.98. The minimum absolute atomic E-state index is 0.301. The average molecular weight is 387 g/mol. The zero-order chi connectivity index (χ0) is 19.7. The summed E-state index contributed by atoms with van der Waals surface area (Å²) in [5.41, 5.74) is 5.42. The van der Waals surface area contributed by atoms with Crippen molar-refractivity contribution >= 4 is 34.1 Å². The molecule has 2 aromatic carbocycles. The van der Waals surface area contributed by atoms with E-state index in [0.29, 0.717) is 33.0 Å². The average Bonchev–Trinajstić information content (AvgIpc) is 2.65. The van der Waals surface area contributed by atoms with Gasteiger partial charge in [-0.1, -0.05) is 11.6 Å². The van der Waals surface area contributed by atoms with Crippen LogP contribution in [0.25, 0.3) is 10.8 Å². The second-order valence-electron chi connectivity index (χ2n) is 5.84. The summed E-state index contributed by atoms with van der Waals surface area (Å²) in [4.78, 5) is 27.2. The molecule has 3 rings (SSSR count). The number of aromatic nitrogens is 1. The maximum atomic E-state index is 12.2. The van der Waals surface area contributed by atoms with Crippen LogP contribution < -0.4 is 10.5 Å². The first-order valence-electron chi connectivity index (χ1n) is 7.87. The summed E-state index contributed by atoms with van der Waals surface area (Å²) in [5, 5.41) is 20.9. The first-order valence-corrected chi connectivity index (χ1v) is 8.25. The first-order chi connectivity index (χ1) is 12.8. The summed E-state index contributed by atoms with van der Waals surface area (Å²) in [6.45, 7) is 1.64. The number of nitrogens with two attached hydrogens (primary N) is 1. The number of hydrogen-bond acceptors (Lipinski definition) is 6. The molecule has 0 aliphatic rings. The number of pyridine rings is 1. The van der Waals surface area contributed by atoms with Crippen LogP contribution in [-0.4, -0.2) is 33.0 Å². The number of hydrogen-bond donors (Lipinski definition) is 3. The number of carboxylic acid groups (broad SMARTS) is 1. The zero-order valence-electron chi connectivity index (χ0n) is 14.1. The van der Waals surface area contributed by atoms with E-state index in [-0.39, 0.29) is 0 Å². The van der Waals surface area contributed by atoms with Gasteiger partial charge in [0.15, 0.2) is 17.5 Å². The highest BCUT2D eigenvalue weighted by Gasteiger charge is 2.28. The van der Waals surface area contributed by atoms with E-state index >= 15 is 0 Å². The smallest absolute Gasteiger partial charge is 0.328 e. The fourth-order valence-electron chi connectivity index (χ4n) is 2.58. The van der Waals surface area contributed by atoms with Crippen molar-refractivity contribution in [2.24, 2.45) is 5.73 Å². The van der Waals surface area contributed by atoms with Gasteiger partial charge >= 0.3 is 5.97 Å². The molecule has 7 nitrogen and oxygen atoms in total. The second kappa shape index (κ2) is 7.22. The molecule has 0 saturated heterocycles. The van der Waals surface area contributed by atoms with E-state index in [2.05, 4.69) is 4.98 Å². The Hall–Kier alpha value is -3.16. The summed E-state index contributed by atoms with van der Waals surface area (Å²) in [5.74, 6) is -1.98. The predicted molar refractivity (Wildman–Crippen MR) is 99.6 cm³/mol. The predicted octanol–water partition coefficient (Wildman–Crippen LogP) is 3.29. The fraction of sp³-hybridized carbons (Fsp3) is 0.105. The molecule has 1 unspecified atom stereocenters. The number of carbonyl (C=O) groups excluding carboxylic acids is 1. The molecule has 0 saturated carbocycles. The van der Waals surface area contributed by atoms with E-state index in [9.17, 15) is 14.7 Å². The monoisotopic (exact) mass is 386 g/mol. The van der Waals surface area contributed by atoms with E-state index in [1.807, 2.05) is 0 Å². The molecule has 138 valence electrons. The van der Waals surface area contributed by atoms with Crippen molar-refractivity contribution < 1.29 is 24.5 Å². The van der Waals surface area contributed by atoms with Crippen LogP contribution in [0.15, 0.2) is 42.5 Å². The molecule has 1 aromatic heterocycles. The van der Waals surface area contributed by atoms with E-state index < -0.39 is 29.2 Å². The molecule has 27 heavy (non-hydrogen) atoms. The quantitative estimate of drug-likeness (QED) is 0.454. The largest absolute Gasteiger partial charge is 0.505 e. The van der Waals surface area contributed by atoms with Gasteiger partial charge in [0.2, 0.25) is 5.78 Å². The second-order valence-corrected chi connectivity index (χ2v) is 6.27. The molecule has 0 spiro atoms. The van der Waals surface area contributed by atoms with Crippen LogP contribution in [0.5, 0.6) is 17.2 Å². The minimum atomic E-state index is -1.81. The number of Topliss-reactive ketones (excluding diaryl/α,β-unsaturated/α-hetero) is 1. The van der Waals surface area contributed by atoms with Gasteiger partial charge in [0, 0.05) is 21.5 Å². The van der Waals surface area contributed by atoms with E-state index in [1.54, 1.807) is 43.3 Å². The minimum Gasteiger partial charge on any atom is -0.505 e. The summed E-state index contributed by atoms with van der Waals surface area (Å²) in [7, 11) is 0. The van der Waals surface area contributed by atoms with Gasteiger partial charge in [0.25, 0.3) is 0 Å². The molecule has 1 heterocycles. The van der Waals surface area contributed by atoms with Crippen LogP contribution in [0.1, 0.15) is 16.2 Å². The summed E-state index contributed by atoms with van der Waals surface area (Å²) < 4.78 is 5.73. The molecule has 0 aliphatic carbocycles. The number of benzene rings is 2. The standard InChI is InChI=1S/C19H15ClN2O5/c1-9-13-7-6-12(27-11-4-2-10(20)3-5-11)8-14(13)17(23)16(22-9)18(24)15(21)19(25)26/h2-8,15,23H,21H2,1H3,(H,25,26). The first kappa shape index (κ1) is 18.6. The van der Waals surface area contributed by atoms with E-state index in [4.69, 9.17) is 27.2 Å². The third-order valence-corrected chi connectivity index (χ3v) is 4.22. The van der Waals surface area contributed by atoms with Gasteiger partial charge in [0.1, 0.15) is 11.5 Å². The number of ketones is 1. The Morgan fingerprint density at radius 3 is 2.37 bits per heavy atom. The molecule has 0 amide bonds. The molecule has 0 radical (unpaired) electrons. The Morgan fingerprint density at radius 1 is 1.11 bits per heavy atom. The molecular weight excluding hydrogens is 372 g/mol. The molecular formula is C19H15ClN2O5. The highest BCUT2D eigenvalue weighted by atomic mass is 35.5. The molecule has 0 fully saturated rings. The Morgan fingerprint density at radius 2 is 1.74 bits per heavy atom. The molecule has 0 aliphatic heterocycles. The SMILES string of the molecule is Cc1nc(C(=O)C(N)C(=O)O)c(O)c2cc(Oc3ccc(Cl)cc3)ccc12. The van der Waals surface area contributed by atoms with Crippen molar-refractivity contribution in [1.29, 1.82) is 0 Å². The number of nitrogens with zero attached hydrogens (tertiary/aromatic N) is 1. The van der Waals surface area contributed by atoms with Gasteiger partial charge in [0.05, 0.1) is 0 Å². The Bertz CT molecular complexity index is 1050. The number of rotatable bonds is 5. The van der Waals surface area contributed by atoms with Crippen LogP contribution in [0.2, 0.25) is 5.02 Å². The zero-order valence-corrected chi connectivity index (χ0v) is 14.9. The maximum absolute atomic E-state index is 12.2. The molecule has 3 aromatic rings. The lowest BCUT2D eigenvalue weighted by Crippen LogP contribution is -2.39. The van der Waals surface area contributed by atoms with Crippen molar-refractivity contribution in [1.82, 2.24) is 4.98 Å². The van der Waals surface area contributed by atoms with Crippen molar-refractivity contribution in [3.05, 3.63) is 58.9 Å². The fourth-order valence-corrected chi connectivity index (χ4v) is 2.70. The lowest BCUT2D eigenvalue weighted by atomic mass is 10.0. The summed E-state index contributed by atoms with van der Waals surface area (Å²) in [6, 6.07) is 9.83. The number of aliphatic carboxylic acids is 1. The van der Waals surface area contributed by atoms with Crippen LogP contribution in [-0.2, 0) is 4.79 Å². The number of aromatic hydroxyl groups is 1. The van der Waals surface area contributed by atoms with Crippen LogP contribution in [0.4, 0.5) is 0 Å². The van der Waals surface area contributed by atoms with Gasteiger partial charge in [-0.05, 0) is 49.4 Å². The van der Waals surface area contributed by atoms with Crippen LogP contribution in [0, 0.1) is 6.92 Å². The van der Waals surface area contributed by atoms with Gasteiger partial charge in [-0.2, -0.15) is 0 Å². The van der Waals surface area contributed by atoms with Gasteiger partial charge in [-0.15, -0.1) is 0 Å². The molecule has 0 bridgehead atoms. The van der Waals surface area contributed by atoms with E-state index in [1.165, 1.54) is 6.07 Å². The maximum Gasteiger partial charge on any atom is 0.328 e. The van der Waals surface area contributed by atoms with Crippen molar-refractivity contribution in [2.75, 3.05) is 0 Å². The van der Waals surface area contributed by atoms with Gasteiger partial charge in [-0.3, -0.25) is 9.59 Å². The molecule has 1 atom stereocenters. The van der Waals surface area contributed by atoms with Crippen molar-refractivity contribution in [2.45, 2.75) is 13.0 Å². The molecule has 4 N–H and O–H groups in total. The van der Waals surface area contributed by atoms with Crippen molar-refractivity contribution in [3.8, 4) is 17.2 Å².